The second kappa shape index (κ2) is 7.11. The molecule has 5 nitrogen and oxygen atoms in total. The monoisotopic (exact) mass is 352 g/mol. The van der Waals surface area contributed by atoms with E-state index >= 15 is 0 Å². The largest absolute Gasteiger partial charge is 0.378 e. The van der Waals surface area contributed by atoms with Gasteiger partial charge in [0.2, 0.25) is 5.91 Å². The Morgan fingerprint density at radius 3 is 2.75 bits per heavy atom. The van der Waals surface area contributed by atoms with E-state index in [-0.39, 0.29) is 17.9 Å². The molecule has 0 aromatic heterocycles. The summed E-state index contributed by atoms with van der Waals surface area (Å²) in [6, 6.07) is 7.52. The molecule has 132 valence electrons. The number of hydrogen-bond donors (Lipinski definition) is 2. The summed E-state index contributed by atoms with van der Waals surface area (Å²) in [7, 11) is 0. The summed E-state index contributed by atoms with van der Waals surface area (Å²) >= 11 is 6.04. The molecule has 6 heteroatoms. The highest BCUT2D eigenvalue weighted by molar-refractivity contribution is 6.30. The van der Waals surface area contributed by atoms with Crippen LogP contribution in [0.4, 0.5) is 0 Å². The summed E-state index contributed by atoms with van der Waals surface area (Å²) in [6.07, 6.45) is 0.974. The minimum absolute atomic E-state index is 0.0474. The zero-order valence-corrected chi connectivity index (χ0v) is 15.2. The number of benzene rings is 1. The van der Waals surface area contributed by atoms with Crippen LogP contribution in [0.3, 0.4) is 0 Å². The number of aliphatic hydroxyl groups is 1. The highest BCUT2D eigenvalue weighted by atomic mass is 35.5. The average molecular weight is 353 g/mol. The molecule has 1 aliphatic rings. The van der Waals surface area contributed by atoms with Crippen molar-refractivity contribution in [3.05, 3.63) is 34.9 Å². The molecule has 0 aliphatic carbocycles. The molecule has 0 unspecified atom stereocenters. The highest BCUT2D eigenvalue weighted by Crippen LogP contribution is 2.26. The topological polar surface area (TPSA) is 69.6 Å². The van der Waals surface area contributed by atoms with Crippen molar-refractivity contribution in [2.75, 3.05) is 19.6 Å². The molecule has 1 saturated heterocycles. The second-order valence-electron chi connectivity index (χ2n) is 7.15. The fraction of sp³-hybridized carbons (Fsp3) is 0.556. The van der Waals surface area contributed by atoms with Gasteiger partial charge in [0.25, 0.3) is 5.91 Å². The lowest BCUT2D eigenvalue weighted by Gasteiger charge is -2.38. The standard InChI is InChI=1S/C18H25ClN2O3/c1-13(22)21-9-5-8-18(24,12-21)16(23)20-11-17(2,3)14-6-4-7-15(19)10-14/h4,6-7,10,24H,5,8-9,11-12H2,1-3H3,(H,20,23)/t18-/m1/s1. The van der Waals surface area contributed by atoms with Crippen LogP contribution in [0.1, 0.15) is 39.2 Å². The maximum atomic E-state index is 12.5. The van der Waals surface area contributed by atoms with Crippen LogP contribution in [-0.2, 0) is 15.0 Å². The average Bonchev–Trinajstić information content (AvgIpc) is 2.52. The normalized spacial score (nSPS) is 21.5. The molecule has 2 amide bonds. The van der Waals surface area contributed by atoms with Crippen molar-refractivity contribution in [2.24, 2.45) is 0 Å². The van der Waals surface area contributed by atoms with E-state index < -0.39 is 11.5 Å². The molecule has 2 N–H and O–H groups in total. The predicted molar refractivity (Wildman–Crippen MR) is 93.9 cm³/mol. The fourth-order valence-electron chi connectivity index (χ4n) is 2.97. The fourth-order valence-corrected chi connectivity index (χ4v) is 3.16. The van der Waals surface area contributed by atoms with E-state index in [1.807, 2.05) is 32.0 Å². The SMILES string of the molecule is CC(=O)N1CCC[C@](O)(C(=O)NCC(C)(C)c2cccc(Cl)c2)C1. The number of nitrogens with zero attached hydrogens (tertiary/aromatic N) is 1. The van der Waals surface area contributed by atoms with E-state index in [0.717, 1.165) is 5.56 Å². The van der Waals surface area contributed by atoms with Gasteiger partial charge in [-0.15, -0.1) is 0 Å². The van der Waals surface area contributed by atoms with E-state index in [1.165, 1.54) is 11.8 Å². The van der Waals surface area contributed by atoms with E-state index in [1.54, 1.807) is 6.07 Å². The molecule has 2 rings (SSSR count). The van der Waals surface area contributed by atoms with E-state index in [9.17, 15) is 14.7 Å². The molecule has 1 atom stereocenters. The number of likely N-dealkylation sites (tertiary alicyclic amines) is 1. The first-order valence-corrected chi connectivity index (χ1v) is 8.54. The lowest BCUT2D eigenvalue weighted by molar-refractivity contribution is -0.150. The zero-order chi connectivity index (χ0) is 18.0. The smallest absolute Gasteiger partial charge is 0.253 e. The first-order chi connectivity index (χ1) is 11.1. The first kappa shape index (κ1) is 18.7. The van der Waals surface area contributed by atoms with Crippen molar-refractivity contribution < 1.29 is 14.7 Å². The molecule has 1 heterocycles. The van der Waals surface area contributed by atoms with Crippen LogP contribution in [0, 0.1) is 0 Å². The summed E-state index contributed by atoms with van der Waals surface area (Å²) in [5.74, 6) is -0.552. The van der Waals surface area contributed by atoms with Crippen LogP contribution in [-0.4, -0.2) is 47.1 Å². The van der Waals surface area contributed by atoms with Crippen molar-refractivity contribution in [3.8, 4) is 0 Å². The first-order valence-electron chi connectivity index (χ1n) is 8.16. The van der Waals surface area contributed by atoms with Gasteiger partial charge in [0.1, 0.15) is 0 Å². The van der Waals surface area contributed by atoms with Gasteiger partial charge in [-0.05, 0) is 30.5 Å². The third-order valence-electron chi connectivity index (χ3n) is 4.64. The maximum absolute atomic E-state index is 12.5. The lowest BCUT2D eigenvalue weighted by atomic mass is 9.84. The van der Waals surface area contributed by atoms with Gasteiger partial charge in [-0.25, -0.2) is 0 Å². The second-order valence-corrected chi connectivity index (χ2v) is 7.59. The summed E-state index contributed by atoms with van der Waals surface area (Å²) in [5.41, 5.74) is -0.837. The Morgan fingerprint density at radius 2 is 2.12 bits per heavy atom. The van der Waals surface area contributed by atoms with Crippen molar-refractivity contribution in [1.29, 1.82) is 0 Å². The summed E-state index contributed by atoms with van der Waals surface area (Å²) in [5, 5.41) is 14.1. The molecule has 0 saturated carbocycles. The van der Waals surface area contributed by atoms with Gasteiger partial charge in [0.15, 0.2) is 5.60 Å². The minimum atomic E-state index is -1.52. The van der Waals surface area contributed by atoms with E-state index in [4.69, 9.17) is 11.6 Å². The molecular weight excluding hydrogens is 328 g/mol. The van der Waals surface area contributed by atoms with Gasteiger partial charge >= 0.3 is 0 Å². The molecule has 24 heavy (non-hydrogen) atoms. The van der Waals surface area contributed by atoms with E-state index in [2.05, 4.69) is 5.32 Å². The third kappa shape index (κ3) is 4.28. The molecule has 1 aromatic rings. The van der Waals surface area contributed by atoms with Gasteiger partial charge in [-0.3, -0.25) is 9.59 Å². The molecule has 1 aliphatic heterocycles. The van der Waals surface area contributed by atoms with Gasteiger partial charge < -0.3 is 15.3 Å². The maximum Gasteiger partial charge on any atom is 0.253 e. The summed E-state index contributed by atoms with van der Waals surface area (Å²) in [6.45, 7) is 6.46. The van der Waals surface area contributed by atoms with Crippen molar-refractivity contribution in [2.45, 2.75) is 44.6 Å². The molecule has 1 fully saturated rings. The minimum Gasteiger partial charge on any atom is -0.378 e. The molecule has 0 radical (unpaired) electrons. The van der Waals surface area contributed by atoms with Gasteiger partial charge in [0, 0.05) is 30.5 Å². The van der Waals surface area contributed by atoms with Crippen LogP contribution in [0.5, 0.6) is 0 Å². The highest BCUT2D eigenvalue weighted by Gasteiger charge is 2.41. The van der Waals surface area contributed by atoms with Crippen molar-refractivity contribution in [1.82, 2.24) is 10.2 Å². The molecular formula is C18H25ClN2O3. The van der Waals surface area contributed by atoms with Crippen molar-refractivity contribution in [3.63, 3.8) is 0 Å². The number of hydrogen-bond acceptors (Lipinski definition) is 3. The Balaban J connectivity index is 2.02. The van der Waals surface area contributed by atoms with Gasteiger partial charge in [-0.2, -0.15) is 0 Å². The number of amides is 2. The number of halogens is 1. The molecule has 0 spiro atoms. The van der Waals surface area contributed by atoms with E-state index in [0.29, 0.717) is 31.0 Å². The summed E-state index contributed by atoms with van der Waals surface area (Å²) < 4.78 is 0. The Labute approximate surface area is 148 Å². The Kier molecular flexibility index (Phi) is 5.56. The number of β-amino-alcohol motifs (C(OH)–C–C–N with tert-alkyl or cyclic N) is 1. The Morgan fingerprint density at radius 1 is 1.42 bits per heavy atom. The Bertz CT molecular complexity index is 632. The third-order valence-corrected chi connectivity index (χ3v) is 4.87. The number of piperidine rings is 1. The number of rotatable bonds is 4. The quantitative estimate of drug-likeness (QED) is 0.872. The van der Waals surface area contributed by atoms with Crippen molar-refractivity contribution >= 4 is 23.4 Å². The van der Waals surface area contributed by atoms with Crippen LogP contribution < -0.4 is 5.32 Å². The predicted octanol–water partition coefficient (Wildman–Crippen LogP) is 2.11. The van der Waals surface area contributed by atoms with Gasteiger partial charge in [-0.1, -0.05) is 37.6 Å². The summed E-state index contributed by atoms with van der Waals surface area (Å²) in [4.78, 5) is 25.5. The number of nitrogens with one attached hydrogen (secondary N) is 1. The molecule has 0 bridgehead atoms. The van der Waals surface area contributed by atoms with Crippen LogP contribution in [0.15, 0.2) is 24.3 Å². The lowest BCUT2D eigenvalue weighted by Crippen LogP contribution is -2.59. The number of carbonyl (C=O) groups is 2. The zero-order valence-electron chi connectivity index (χ0n) is 14.4. The molecule has 1 aromatic carbocycles. The van der Waals surface area contributed by atoms with Crippen LogP contribution >= 0.6 is 11.6 Å². The number of carbonyl (C=O) groups excluding carboxylic acids is 2. The van der Waals surface area contributed by atoms with Gasteiger partial charge in [0.05, 0.1) is 6.54 Å². The Hall–Kier alpha value is -1.59. The van der Waals surface area contributed by atoms with Crippen LogP contribution in [0.25, 0.3) is 0 Å². The van der Waals surface area contributed by atoms with Crippen LogP contribution in [0.2, 0.25) is 5.02 Å².